The summed E-state index contributed by atoms with van der Waals surface area (Å²) >= 11 is 0. The van der Waals surface area contributed by atoms with Crippen LogP contribution in [0, 0.1) is 39.4 Å². The van der Waals surface area contributed by atoms with E-state index < -0.39 is 175 Å². The second-order valence-corrected chi connectivity index (χ2v) is 25.8. The highest BCUT2D eigenvalue weighted by Crippen LogP contribution is 2.77. The molecule has 9 aliphatic rings. The number of rotatable bonds is 16. The maximum absolute atomic E-state index is 14.8. The number of cyclic esters (lactones) is 1. The number of fused-ring (bicyclic) bond motifs is 4. The van der Waals surface area contributed by atoms with Crippen LogP contribution < -0.4 is 0 Å². The van der Waals surface area contributed by atoms with Crippen molar-refractivity contribution in [3.05, 3.63) is 23.8 Å². The fourth-order valence-corrected chi connectivity index (χ4v) is 16.4. The first kappa shape index (κ1) is 62.7. The largest absolute Gasteiger partial charge is 0.462 e. The van der Waals surface area contributed by atoms with E-state index in [1.165, 1.54) is 33.5 Å². The van der Waals surface area contributed by atoms with Crippen molar-refractivity contribution >= 4 is 17.9 Å². The van der Waals surface area contributed by atoms with Crippen LogP contribution in [0.15, 0.2) is 23.8 Å². The summed E-state index contributed by atoms with van der Waals surface area (Å²) in [6.45, 7) is 19.3. The smallest absolute Gasteiger partial charge is 0.314 e. The summed E-state index contributed by atoms with van der Waals surface area (Å²) in [5.41, 5.74) is -1.76. The molecule has 24 nitrogen and oxygen atoms in total. The number of hydrogen-bond acceptors (Lipinski definition) is 24. The molecule has 0 amide bonds. The molecule has 8 fully saturated rings. The minimum absolute atomic E-state index is 0.0290. The first-order valence-electron chi connectivity index (χ1n) is 28.7. The Balaban J connectivity index is 0.889. The van der Waals surface area contributed by atoms with Gasteiger partial charge in [-0.05, 0) is 100 Å². The summed E-state index contributed by atoms with van der Waals surface area (Å²) in [5, 5.41) is 99.3. The maximum atomic E-state index is 14.8. The number of carbonyl (C=O) groups excluding carboxylic acids is 3. The fourth-order valence-electron chi connectivity index (χ4n) is 16.4. The van der Waals surface area contributed by atoms with E-state index in [9.17, 15) is 60.3 Å². The monoisotopic (exact) mass is 1160 g/mol. The zero-order valence-electron chi connectivity index (χ0n) is 48.1. The van der Waals surface area contributed by atoms with E-state index in [-0.39, 0.29) is 36.4 Å². The van der Waals surface area contributed by atoms with Gasteiger partial charge in [0.2, 0.25) is 0 Å². The first-order chi connectivity index (χ1) is 38.0. The predicted octanol–water partition coefficient (Wildman–Crippen LogP) is 0.334. The topological polar surface area (TPSA) is 344 Å². The standard InChI is InChI=1S/C57H88O24/c1-24(2)32(74-26(4)59)15-18-56(10)47-33(75-27(5)60)20-55(9)29-12-13-35-53(6,7)36(16-17-54(35,8)28(29)14-19-57(47,55)52(69)81-56)77-51-46(37(63)30(61)22-72-51)80-49-40(66)39(65)43(25(3)73-49)78-50-42(68)45(38(64)34(21-58)76-50)79-48-41(67)44(70-11)31(62)23-71-48/h12,25,28,30-51,58,61-68H,1,13-23H2,2-11H3/t25-,28-,30-,31-,32?,33+,34-,35+,36+,37+,38-,39-,40-,41-,42-,43-,44+,45+,46-,47-,48+,49+,50+,51+,54-,55+,56+,57-/m1/s1. The number of hydrogen-bond donors (Lipinski definition) is 9. The molecule has 0 aromatic carbocycles. The van der Waals surface area contributed by atoms with Gasteiger partial charge in [-0.1, -0.05) is 45.9 Å². The van der Waals surface area contributed by atoms with Crippen LogP contribution in [0.3, 0.4) is 0 Å². The summed E-state index contributed by atoms with van der Waals surface area (Å²) in [7, 11) is 1.26. The molecule has 81 heavy (non-hydrogen) atoms. The number of aliphatic hydroxyl groups excluding tert-OH is 9. The molecular formula is C57H88O24. The molecular weight excluding hydrogens is 1070 g/mol. The quantitative estimate of drug-likeness (QED) is 0.0571. The van der Waals surface area contributed by atoms with Crippen LogP contribution in [0.25, 0.3) is 0 Å². The van der Waals surface area contributed by atoms with Crippen molar-refractivity contribution in [2.45, 2.75) is 248 Å². The lowest BCUT2D eigenvalue weighted by Crippen LogP contribution is -2.66. The number of methoxy groups -OCH3 is 1. The minimum atomic E-state index is -1.89. The van der Waals surface area contributed by atoms with Crippen molar-refractivity contribution in [2.24, 2.45) is 39.4 Å². The third-order valence-electron chi connectivity index (χ3n) is 20.5. The lowest BCUT2D eigenvalue weighted by molar-refractivity contribution is -0.387. The summed E-state index contributed by atoms with van der Waals surface area (Å²) in [6, 6.07) is 0. The van der Waals surface area contributed by atoms with E-state index in [0.717, 1.165) is 0 Å². The second-order valence-electron chi connectivity index (χ2n) is 25.8. The zero-order valence-corrected chi connectivity index (χ0v) is 48.1. The van der Waals surface area contributed by atoms with Crippen molar-refractivity contribution in [1.29, 1.82) is 0 Å². The molecule has 24 heteroatoms. The third kappa shape index (κ3) is 10.8. The van der Waals surface area contributed by atoms with Gasteiger partial charge in [-0.2, -0.15) is 0 Å². The number of ether oxygens (including phenoxy) is 12. The van der Waals surface area contributed by atoms with Crippen LogP contribution in [0.4, 0.5) is 0 Å². The molecule has 3 saturated carbocycles. The molecule has 5 aliphatic heterocycles. The summed E-state index contributed by atoms with van der Waals surface area (Å²) in [5.74, 6) is -1.59. The average molecular weight is 1160 g/mol. The SMILES string of the molecule is C=C(C)C(CC[C@]1(C)OC(=O)[C@]23CC[C@@H]4C(=CC[C@H]5C(C)(C)[C@@H](O[C@@H]6OC[C@@H](O)[C@H](O)[C@H]6O[C@@H]6O[C@H](C)[C@@H](O[C@@H]7O[C@H](CO)[C@@H](O)[C@H](O[C@@H]8OC[C@@H](O)[C@H](OC)[C@H]8O)[C@H]7O)[C@H](O)[C@H]6O)CC[C@]45C)[C@]2(C)C[C@H](OC(C)=O)[C@@H]31)OC(C)=O. The lowest BCUT2D eigenvalue weighted by Gasteiger charge is -2.63. The van der Waals surface area contributed by atoms with Crippen molar-refractivity contribution < 1.29 is 117 Å². The van der Waals surface area contributed by atoms with Crippen LogP contribution in [-0.4, -0.2) is 225 Å². The summed E-state index contributed by atoms with van der Waals surface area (Å²) in [6.07, 6.45) is -22.7. The van der Waals surface area contributed by atoms with E-state index in [0.29, 0.717) is 56.9 Å². The van der Waals surface area contributed by atoms with E-state index in [1.807, 2.05) is 6.92 Å². The number of esters is 3. The van der Waals surface area contributed by atoms with E-state index >= 15 is 0 Å². The fraction of sp³-hybridized carbons (Fsp3) is 0.877. The highest BCUT2D eigenvalue weighted by Gasteiger charge is 2.79. The molecule has 4 aliphatic carbocycles. The normalized spacial score (nSPS) is 49.7. The third-order valence-corrected chi connectivity index (χ3v) is 20.5. The molecule has 9 rings (SSSR count). The molecule has 5 saturated heterocycles. The van der Waals surface area contributed by atoms with Crippen LogP contribution in [0.5, 0.6) is 0 Å². The Morgan fingerprint density at radius 1 is 0.741 bits per heavy atom. The zero-order chi connectivity index (χ0) is 59.2. The van der Waals surface area contributed by atoms with Crippen LogP contribution in [-0.2, 0) is 71.2 Å². The number of allylic oxidation sites excluding steroid dienone is 2. The van der Waals surface area contributed by atoms with Crippen molar-refractivity contribution in [3.63, 3.8) is 0 Å². The number of aliphatic hydroxyl groups is 9. The summed E-state index contributed by atoms with van der Waals surface area (Å²) < 4.78 is 71.6. The van der Waals surface area contributed by atoms with E-state index in [2.05, 4.69) is 40.3 Å². The minimum Gasteiger partial charge on any atom is -0.462 e. The molecule has 9 N–H and O–H groups in total. The molecule has 28 atom stereocenters. The Bertz CT molecular complexity index is 2340. The van der Waals surface area contributed by atoms with Crippen molar-refractivity contribution in [3.8, 4) is 0 Å². The molecule has 5 heterocycles. The number of carbonyl (C=O) groups is 3. The molecule has 0 bridgehead atoms. The van der Waals surface area contributed by atoms with Gasteiger partial charge in [0.15, 0.2) is 25.2 Å². The Hall–Kier alpha value is -2.83. The molecule has 1 spiro atoms. The molecule has 460 valence electrons. The van der Waals surface area contributed by atoms with Gasteiger partial charge in [0.1, 0.15) is 97.2 Å². The van der Waals surface area contributed by atoms with Gasteiger partial charge in [-0.15, -0.1) is 0 Å². The van der Waals surface area contributed by atoms with Gasteiger partial charge < -0.3 is 103 Å². The van der Waals surface area contributed by atoms with Gasteiger partial charge in [0.25, 0.3) is 0 Å². The highest BCUT2D eigenvalue weighted by molar-refractivity contribution is 5.84. The first-order valence-corrected chi connectivity index (χ1v) is 28.7. The van der Waals surface area contributed by atoms with Gasteiger partial charge in [0.05, 0.1) is 43.4 Å². The average Bonchev–Trinajstić information content (AvgIpc) is 3.20. The van der Waals surface area contributed by atoms with Crippen molar-refractivity contribution in [2.75, 3.05) is 26.9 Å². The lowest BCUT2D eigenvalue weighted by atomic mass is 9.41. The van der Waals surface area contributed by atoms with Crippen LogP contribution in [0.1, 0.15) is 114 Å². The van der Waals surface area contributed by atoms with Crippen LogP contribution >= 0.6 is 0 Å². The van der Waals surface area contributed by atoms with Gasteiger partial charge in [-0.25, -0.2) is 0 Å². The second kappa shape index (κ2) is 23.5. The molecule has 0 aromatic heterocycles. The van der Waals surface area contributed by atoms with Crippen LogP contribution in [0.2, 0.25) is 0 Å². The molecule has 0 aromatic rings. The highest BCUT2D eigenvalue weighted by atomic mass is 16.8. The maximum Gasteiger partial charge on any atom is 0.314 e. The van der Waals surface area contributed by atoms with Crippen molar-refractivity contribution in [1.82, 2.24) is 0 Å². The Morgan fingerprint density at radius 2 is 1.38 bits per heavy atom. The Morgan fingerprint density at radius 3 is 2.04 bits per heavy atom. The van der Waals surface area contributed by atoms with Gasteiger partial charge in [-0.3, -0.25) is 14.4 Å². The molecule has 1 unspecified atom stereocenters. The Kier molecular flexibility index (Phi) is 18.2. The van der Waals surface area contributed by atoms with Gasteiger partial charge >= 0.3 is 17.9 Å². The molecule has 0 radical (unpaired) electrons. The van der Waals surface area contributed by atoms with E-state index in [4.69, 9.17) is 56.8 Å². The van der Waals surface area contributed by atoms with Gasteiger partial charge in [0, 0.05) is 26.4 Å². The van der Waals surface area contributed by atoms with E-state index in [1.54, 1.807) is 6.92 Å². The Labute approximate surface area is 472 Å². The summed E-state index contributed by atoms with van der Waals surface area (Å²) in [4.78, 5) is 39.7. The predicted molar refractivity (Wildman–Crippen MR) is 276 cm³/mol.